The summed E-state index contributed by atoms with van der Waals surface area (Å²) in [6.45, 7) is 1.24. The third-order valence-electron chi connectivity index (χ3n) is 7.15. The van der Waals surface area contributed by atoms with Crippen molar-refractivity contribution in [2.45, 2.75) is 62.6 Å². The van der Waals surface area contributed by atoms with E-state index in [0.29, 0.717) is 36.8 Å². The highest BCUT2D eigenvalue weighted by molar-refractivity contribution is 5.92. The van der Waals surface area contributed by atoms with E-state index in [1.54, 1.807) is 17.1 Å². The fraction of sp³-hybridized carbons (Fsp3) is 0.565. The molecule has 0 bridgehead atoms. The van der Waals surface area contributed by atoms with Crippen LogP contribution in [0.3, 0.4) is 0 Å². The Kier molecular flexibility index (Phi) is 5.80. The van der Waals surface area contributed by atoms with Crippen molar-refractivity contribution in [2.24, 2.45) is 0 Å². The maximum absolute atomic E-state index is 12.6. The van der Waals surface area contributed by atoms with Gasteiger partial charge in [-0.15, -0.1) is 5.10 Å². The van der Waals surface area contributed by atoms with E-state index in [4.69, 9.17) is 9.72 Å². The number of aromatic nitrogens is 7. The summed E-state index contributed by atoms with van der Waals surface area (Å²) in [5.74, 6) is 2.63. The van der Waals surface area contributed by atoms with E-state index in [9.17, 15) is 4.79 Å². The number of rotatable bonds is 8. The molecule has 3 aromatic heterocycles. The average molecular weight is 479 g/mol. The number of hydrogen-bond acceptors (Lipinski definition) is 9. The van der Waals surface area contributed by atoms with Crippen LogP contribution in [-0.2, 0) is 4.74 Å². The third kappa shape index (κ3) is 4.83. The Balaban J connectivity index is 1.01. The number of aromatic amines is 1. The van der Waals surface area contributed by atoms with Gasteiger partial charge in [0.1, 0.15) is 11.9 Å². The number of ether oxygens (including phenoxy) is 1. The summed E-state index contributed by atoms with van der Waals surface area (Å²) in [6, 6.07) is 4.53. The molecule has 0 atom stereocenters. The number of carbonyl (C=O) groups is 1. The molecule has 0 radical (unpaired) electrons. The summed E-state index contributed by atoms with van der Waals surface area (Å²) < 4.78 is 6.89. The van der Waals surface area contributed by atoms with Crippen LogP contribution in [0.25, 0.3) is 0 Å². The van der Waals surface area contributed by atoms with E-state index in [1.807, 2.05) is 13.1 Å². The zero-order valence-electron chi connectivity index (χ0n) is 19.7. The van der Waals surface area contributed by atoms with Gasteiger partial charge in [-0.25, -0.2) is 9.67 Å². The molecule has 0 aromatic carbocycles. The number of H-pyrrole nitrogens is 1. The van der Waals surface area contributed by atoms with Gasteiger partial charge in [0.05, 0.1) is 19.4 Å². The number of hydrogen-bond donors (Lipinski definition) is 3. The fourth-order valence-corrected chi connectivity index (χ4v) is 4.69. The SMILES string of the molecule is CN(c1nccc(Nc2cc(C3CC3)[nH]n2)n1)C1CCC(NC(=O)c2cn(C3COC3)nn2)CC1. The maximum atomic E-state index is 12.6. The first-order chi connectivity index (χ1) is 17.1. The van der Waals surface area contributed by atoms with Crippen LogP contribution in [0, 0.1) is 0 Å². The minimum Gasteiger partial charge on any atom is -0.377 e. The van der Waals surface area contributed by atoms with Crippen molar-refractivity contribution < 1.29 is 9.53 Å². The molecule has 6 rings (SSSR count). The second-order valence-electron chi connectivity index (χ2n) is 9.71. The lowest BCUT2D eigenvalue weighted by Gasteiger charge is -2.34. The Morgan fingerprint density at radius 2 is 2.00 bits per heavy atom. The summed E-state index contributed by atoms with van der Waals surface area (Å²) in [4.78, 5) is 23.9. The van der Waals surface area contributed by atoms with E-state index in [2.05, 4.69) is 47.1 Å². The first-order valence-electron chi connectivity index (χ1n) is 12.3. The first kappa shape index (κ1) is 22.0. The molecule has 4 heterocycles. The Hall–Kier alpha value is -3.54. The van der Waals surface area contributed by atoms with Crippen molar-refractivity contribution in [2.75, 3.05) is 30.5 Å². The highest BCUT2D eigenvalue weighted by Crippen LogP contribution is 2.39. The zero-order valence-corrected chi connectivity index (χ0v) is 19.7. The molecule has 12 heteroatoms. The maximum Gasteiger partial charge on any atom is 0.273 e. The van der Waals surface area contributed by atoms with Gasteiger partial charge in [-0.1, -0.05) is 5.21 Å². The number of nitrogens with zero attached hydrogens (tertiary/aromatic N) is 7. The summed E-state index contributed by atoms with van der Waals surface area (Å²) in [7, 11) is 2.03. The van der Waals surface area contributed by atoms with Crippen LogP contribution in [0.4, 0.5) is 17.6 Å². The monoisotopic (exact) mass is 478 g/mol. The fourth-order valence-electron chi connectivity index (χ4n) is 4.69. The van der Waals surface area contributed by atoms with Crippen molar-refractivity contribution in [1.29, 1.82) is 0 Å². The molecule has 0 spiro atoms. The average Bonchev–Trinajstić information content (AvgIpc) is 3.39. The number of anilines is 3. The van der Waals surface area contributed by atoms with Crippen molar-refractivity contribution in [3.8, 4) is 0 Å². The molecule has 2 saturated carbocycles. The molecular formula is C23H30N10O2. The lowest BCUT2D eigenvalue weighted by Crippen LogP contribution is -2.43. The van der Waals surface area contributed by atoms with Crippen LogP contribution < -0.4 is 15.5 Å². The van der Waals surface area contributed by atoms with Crippen LogP contribution in [-0.4, -0.2) is 73.4 Å². The molecule has 1 aliphatic heterocycles. The normalized spacial score (nSPS) is 22.4. The number of nitrogens with one attached hydrogen (secondary N) is 3. The molecule has 1 saturated heterocycles. The lowest BCUT2D eigenvalue weighted by molar-refractivity contribution is -0.0293. The van der Waals surface area contributed by atoms with Gasteiger partial charge in [0.15, 0.2) is 11.5 Å². The van der Waals surface area contributed by atoms with E-state index >= 15 is 0 Å². The number of amides is 1. The molecule has 1 amide bonds. The standard InChI is InChI=1S/C23H30N10O2/c1-32(23-24-9-8-20(27-23)26-21-10-18(28-30-21)14-2-3-14)16-6-4-15(5-7-16)25-22(34)19-11-33(31-29-19)17-12-35-13-17/h8-11,14-17H,2-7,12-13H2,1H3,(H,25,34)(H2,24,26,27,28,30). The van der Waals surface area contributed by atoms with Crippen LogP contribution >= 0.6 is 0 Å². The highest BCUT2D eigenvalue weighted by Gasteiger charge is 2.28. The Morgan fingerprint density at radius 1 is 1.17 bits per heavy atom. The smallest absolute Gasteiger partial charge is 0.273 e. The van der Waals surface area contributed by atoms with Crippen LogP contribution in [0.5, 0.6) is 0 Å². The van der Waals surface area contributed by atoms with E-state index < -0.39 is 0 Å². The Bertz CT molecular complexity index is 1180. The summed E-state index contributed by atoms with van der Waals surface area (Å²) >= 11 is 0. The largest absolute Gasteiger partial charge is 0.377 e. The van der Waals surface area contributed by atoms with Crippen LogP contribution in [0.2, 0.25) is 0 Å². The Morgan fingerprint density at radius 3 is 2.74 bits per heavy atom. The molecule has 0 unspecified atom stereocenters. The van der Waals surface area contributed by atoms with Gasteiger partial charge in [0.2, 0.25) is 5.95 Å². The molecule has 3 N–H and O–H groups in total. The first-order valence-corrected chi connectivity index (χ1v) is 12.3. The zero-order chi connectivity index (χ0) is 23.8. The topological polar surface area (TPSA) is 139 Å². The number of carbonyl (C=O) groups excluding carboxylic acids is 1. The molecule has 184 valence electrons. The van der Waals surface area contributed by atoms with Crippen molar-refractivity contribution >= 4 is 23.5 Å². The second kappa shape index (κ2) is 9.25. The highest BCUT2D eigenvalue weighted by atomic mass is 16.5. The van der Waals surface area contributed by atoms with E-state index in [1.165, 1.54) is 18.5 Å². The Labute approximate surface area is 202 Å². The van der Waals surface area contributed by atoms with Gasteiger partial charge in [-0.3, -0.25) is 9.89 Å². The van der Waals surface area contributed by atoms with Crippen molar-refractivity contribution in [3.63, 3.8) is 0 Å². The predicted octanol–water partition coefficient (Wildman–Crippen LogP) is 2.16. The lowest BCUT2D eigenvalue weighted by atomic mass is 9.90. The van der Waals surface area contributed by atoms with Gasteiger partial charge in [0.25, 0.3) is 5.91 Å². The molecule has 35 heavy (non-hydrogen) atoms. The minimum absolute atomic E-state index is 0.124. The molecule has 12 nitrogen and oxygen atoms in total. The van der Waals surface area contributed by atoms with E-state index in [-0.39, 0.29) is 18.0 Å². The molecule has 2 aliphatic carbocycles. The predicted molar refractivity (Wildman–Crippen MR) is 128 cm³/mol. The minimum atomic E-state index is -0.168. The van der Waals surface area contributed by atoms with Gasteiger partial charge in [-0.05, 0) is 44.6 Å². The van der Waals surface area contributed by atoms with Gasteiger partial charge < -0.3 is 20.3 Å². The van der Waals surface area contributed by atoms with E-state index in [0.717, 1.165) is 37.3 Å². The molecule has 3 aromatic rings. The molecular weight excluding hydrogens is 448 g/mol. The molecule has 3 fully saturated rings. The third-order valence-corrected chi connectivity index (χ3v) is 7.15. The summed E-state index contributed by atoms with van der Waals surface area (Å²) in [5, 5.41) is 21.9. The summed E-state index contributed by atoms with van der Waals surface area (Å²) in [6.07, 6.45) is 9.60. The quantitative estimate of drug-likeness (QED) is 0.444. The van der Waals surface area contributed by atoms with Gasteiger partial charge in [0, 0.05) is 43.0 Å². The van der Waals surface area contributed by atoms with Crippen LogP contribution in [0.1, 0.15) is 66.7 Å². The van der Waals surface area contributed by atoms with Crippen LogP contribution in [0.15, 0.2) is 24.5 Å². The van der Waals surface area contributed by atoms with Crippen molar-refractivity contribution in [3.05, 3.63) is 35.9 Å². The van der Waals surface area contributed by atoms with Gasteiger partial charge >= 0.3 is 0 Å². The molecule has 3 aliphatic rings. The summed E-state index contributed by atoms with van der Waals surface area (Å²) in [5.41, 5.74) is 1.54. The van der Waals surface area contributed by atoms with Gasteiger partial charge in [-0.2, -0.15) is 10.1 Å². The second-order valence-corrected chi connectivity index (χ2v) is 9.71. The van der Waals surface area contributed by atoms with Crippen molar-refractivity contribution in [1.82, 2.24) is 40.5 Å².